The third-order valence-corrected chi connectivity index (χ3v) is 7.44. The Morgan fingerprint density at radius 3 is 3.10 bits per heavy atom. The zero-order valence-electron chi connectivity index (χ0n) is 16.7. The van der Waals surface area contributed by atoms with E-state index in [4.69, 9.17) is 19.4 Å². The van der Waals surface area contributed by atoms with Gasteiger partial charge in [0.15, 0.2) is 11.5 Å². The second-order valence-corrected chi connectivity index (χ2v) is 9.05. The number of rotatable bonds is 5. The van der Waals surface area contributed by atoms with Crippen LogP contribution < -0.4 is 14.8 Å². The Hall–Kier alpha value is -3.39. The molecule has 1 aromatic carbocycles. The second-order valence-electron chi connectivity index (χ2n) is 8.02. The molecule has 1 N–H and O–H groups in total. The van der Waals surface area contributed by atoms with Gasteiger partial charge in [-0.05, 0) is 42.5 Å². The smallest absolute Gasteiger partial charge is 0.238 e. The molecule has 0 spiro atoms. The van der Waals surface area contributed by atoms with Gasteiger partial charge >= 0.3 is 0 Å². The number of allylic oxidation sites excluding steroid dienone is 2. The predicted octanol–water partition coefficient (Wildman–Crippen LogP) is 4.53. The zero-order valence-corrected chi connectivity index (χ0v) is 17.5. The van der Waals surface area contributed by atoms with Crippen molar-refractivity contribution < 1.29 is 9.47 Å². The molecular formula is C23H19N5O2S. The number of nitrogens with zero attached hydrogens (tertiary/aromatic N) is 4. The lowest BCUT2D eigenvalue weighted by molar-refractivity contribution is 0.174. The number of imidazole rings is 1. The Balaban J connectivity index is 1.24. The van der Waals surface area contributed by atoms with E-state index in [1.165, 1.54) is 39.8 Å². The number of fused-ring (bicyclic) bond motifs is 7. The van der Waals surface area contributed by atoms with Crippen molar-refractivity contribution in [1.82, 2.24) is 19.5 Å². The van der Waals surface area contributed by atoms with Crippen molar-refractivity contribution in [2.45, 2.75) is 25.2 Å². The largest absolute Gasteiger partial charge is 0.454 e. The molecule has 154 valence electrons. The van der Waals surface area contributed by atoms with Crippen molar-refractivity contribution in [2.75, 3.05) is 18.7 Å². The standard InChI is InChI=1S/C23H19N5O2S/c1-2-14-15(3-1)20-18(14)19-21(26-23(27-22(19)31-20)28-9-8-24-11-28)25-7-6-13-4-5-16-17(10-13)30-12-29-16/h2,4-5,8-11,15H,1,3,6-7,12H2,(H,25,26,27). The van der Waals surface area contributed by atoms with E-state index in [0.29, 0.717) is 18.7 Å². The molecule has 0 bridgehead atoms. The van der Waals surface area contributed by atoms with Crippen molar-refractivity contribution in [3.63, 3.8) is 0 Å². The van der Waals surface area contributed by atoms with Crippen LogP contribution in [0.4, 0.5) is 5.82 Å². The Labute approximate surface area is 182 Å². The highest BCUT2D eigenvalue weighted by Gasteiger charge is 2.39. The zero-order chi connectivity index (χ0) is 20.4. The number of thiophene rings is 1. The molecule has 0 fully saturated rings. The van der Waals surface area contributed by atoms with Crippen molar-refractivity contribution in [2.24, 2.45) is 0 Å². The normalized spacial score (nSPS) is 17.9. The highest BCUT2D eigenvalue weighted by Crippen LogP contribution is 2.59. The van der Waals surface area contributed by atoms with Gasteiger partial charge in [0.25, 0.3) is 0 Å². The van der Waals surface area contributed by atoms with Gasteiger partial charge in [-0.1, -0.05) is 12.1 Å². The summed E-state index contributed by atoms with van der Waals surface area (Å²) >= 11 is 1.81. The molecule has 0 saturated carbocycles. The summed E-state index contributed by atoms with van der Waals surface area (Å²) in [6.07, 6.45) is 11.0. The fourth-order valence-electron chi connectivity index (χ4n) is 4.76. The lowest BCUT2D eigenvalue weighted by atomic mass is 9.80. The molecule has 3 aliphatic rings. The van der Waals surface area contributed by atoms with Gasteiger partial charge < -0.3 is 14.8 Å². The molecule has 2 aliphatic carbocycles. The van der Waals surface area contributed by atoms with E-state index in [9.17, 15) is 0 Å². The van der Waals surface area contributed by atoms with E-state index in [0.717, 1.165) is 35.1 Å². The van der Waals surface area contributed by atoms with Gasteiger partial charge in [0, 0.05) is 35.3 Å². The molecule has 1 unspecified atom stereocenters. The minimum atomic E-state index is 0.299. The Bertz CT molecular complexity index is 1360. The molecule has 0 saturated heterocycles. The van der Waals surface area contributed by atoms with Gasteiger partial charge in [0.1, 0.15) is 17.0 Å². The van der Waals surface area contributed by atoms with E-state index in [-0.39, 0.29) is 0 Å². The first-order chi connectivity index (χ1) is 15.3. The van der Waals surface area contributed by atoms with Crippen molar-refractivity contribution in [1.29, 1.82) is 0 Å². The van der Waals surface area contributed by atoms with Gasteiger partial charge in [-0.3, -0.25) is 4.57 Å². The van der Waals surface area contributed by atoms with Gasteiger partial charge in [-0.2, -0.15) is 4.98 Å². The lowest BCUT2D eigenvalue weighted by Crippen LogP contribution is -2.12. The van der Waals surface area contributed by atoms with Gasteiger partial charge in [0.2, 0.25) is 12.7 Å². The summed E-state index contributed by atoms with van der Waals surface area (Å²) in [5.41, 5.74) is 4.05. The number of hydrogen-bond donors (Lipinski definition) is 1. The van der Waals surface area contributed by atoms with E-state index in [1.54, 1.807) is 12.5 Å². The Morgan fingerprint density at radius 1 is 1.19 bits per heavy atom. The van der Waals surface area contributed by atoms with E-state index in [1.807, 2.05) is 28.2 Å². The summed E-state index contributed by atoms with van der Waals surface area (Å²) in [6.45, 7) is 1.06. The SMILES string of the molecule is C1=C2c3c(sc4nc(-n5ccnc5)nc(NCCc5ccc6c(c5)OCO6)c34)C2CC1. The van der Waals surface area contributed by atoms with Crippen molar-refractivity contribution in [3.05, 3.63) is 59.0 Å². The van der Waals surface area contributed by atoms with Crippen LogP contribution in [0.2, 0.25) is 0 Å². The summed E-state index contributed by atoms with van der Waals surface area (Å²) in [7, 11) is 0. The molecule has 7 nitrogen and oxygen atoms in total. The summed E-state index contributed by atoms with van der Waals surface area (Å²) in [6, 6.07) is 6.13. The second kappa shape index (κ2) is 6.55. The number of ether oxygens (including phenoxy) is 2. The molecule has 31 heavy (non-hydrogen) atoms. The van der Waals surface area contributed by atoms with Crippen LogP contribution in [0.1, 0.15) is 34.8 Å². The van der Waals surface area contributed by atoms with Crippen molar-refractivity contribution >= 4 is 32.9 Å². The first-order valence-corrected chi connectivity index (χ1v) is 11.3. The van der Waals surface area contributed by atoms with Crippen LogP contribution >= 0.6 is 11.3 Å². The van der Waals surface area contributed by atoms with E-state index < -0.39 is 0 Å². The molecule has 3 aromatic heterocycles. The van der Waals surface area contributed by atoms with E-state index >= 15 is 0 Å². The van der Waals surface area contributed by atoms with Crippen LogP contribution in [-0.4, -0.2) is 32.9 Å². The number of benzene rings is 1. The number of nitrogens with one attached hydrogen (secondary N) is 1. The van der Waals surface area contributed by atoms with Gasteiger partial charge in [0.05, 0.1) is 5.39 Å². The predicted molar refractivity (Wildman–Crippen MR) is 119 cm³/mol. The Morgan fingerprint density at radius 2 is 2.16 bits per heavy atom. The lowest BCUT2D eigenvalue weighted by Gasteiger charge is -2.26. The molecule has 7 rings (SSSR count). The van der Waals surface area contributed by atoms with Crippen LogP contribution in [0.3, 0.4) is 0 Å². The average molecular weight is 430 g/mol. The summed E-state index contributed by atoms with van der Waals surface area (Å²) in [4.78, 5) is 16.4. The number of anilines is 1. The van der Waals surface area contributed by atoms with Gasteiger partial charge in [-0.15, -0.1) is 11.3 Å². The molecule has 1 atom stereocenters. The highest BCUT2D eigenvalue weighted by molar-refractivity contribution is 7.19. The van der Waals surface area contributed by atoms with Crippen LogP contribution in [-0.2, 0) is 6.42 Å². The summed E-state index contributed by atoms with van der Waals surface area (Å²) in [5, 5.41) is 4.76. The fraction of sp³-hybridized carbons (Fsp3) is 0.261. The maximum absolute atomic E-state index is 5.51. The van der Waals surface area contributed by atoms with Crippen LogP contribution in [0.5, 0.6) is 11.5 Å². The molecule has 4 aromatic rings. The number of hydrogen-bond acceptors (Lipinski definition) is 7. The topological polar surface area (TPSA) is 74.1 Å². The molecule has 8 heteroatoms. The third-order valence-electron chi connectivity index (χ3n) is 6.25. The Kier molecular flexibility index (Phi) is 3.66. The monoisotopic (exact) mass is 429 g/mol. The summed E-state index contributed by atoms with van der Waals surface area (Å²) in [5.74, 6) is 3.79. The molecule has 1 aliphatic heterocycles. The first-order valence-electron chi connectivity index (χ1n) is 10.5. The molecule has 0 radical (unpaired) electrons. The number of aromatic nitrogens is 4. The maximum Gasteiger partial charge on any atom is 0.238 e. The quantitative estimate of drug-likeness (QED) is 0.502. The first kappa shape index (κ1) is 17.3. The van der Waals surface area contributed by atoms with Crippen LogP contribution in [0, 0.1) is 0 Å². The maximum atomic E-state index is 5.51. The minimum Gasteiger partial charge on any atom is -0.454 e. The molecule has 0 amide bonds. The van der Waals surface area contributed by atoms with Crippen molar-refractivity contribution in [3.8, 4) is 17.4 Å². The minimum absolute atomic E-state index is 0.299. The average Bonchev–Trinajstić information content (AvgIpc) is 3.56. The highest BCUT2D eigenvalue weighted by atomic mass is 32.1. The summed E-state index contributed by atoms with van der Waals surface area (Å²) < 4.78 is 12.8. The van der Waals surface area contributed by atoms with Gasteiger partial charge in [-0.25, -0.2) is 9.97 Å². The van der Waals surface area contributed by atoms with Crippen LogP contribution in [0.15, 0.2) is 43.0 Å². The van der Waals surface area contributed by atoms with E-state index in [2.05, 4.69) is 28.5 Å². The third kappa shape index (κ3) is 2.61. The molecular weight excluding hydrogens is 410 g/mol. The van der Waals surface area contributed by atoms with Crippen LogP contribution in [0.25, 0.3) is 21.7 Å². The molecule has 4 heterocycles. The fourth-order valence-corrected chi connectivity index (χ4v) is 6.10.